The van der Waals surface area contributed by atoms with Crippen LogP contribution in [0, 0.1) is 12.8 Å². The van der Waals surface area contributed by atoms with Crippen LogP contribution in [0.2, 0.25) is 0 Å². The van der Waals surface area contributed by atoms with Crippen molar-refractivity contribution in [2.45, 2.75) is 44.6 Å². The van der Waals surface area contributed by atoms with Gasteiger partial charge in [0.05, 0.1) is 11.4 Å². The summed E-state index contributed by atoms with van der Waals surface area (Å²) in [6.07, 6.45) is 4.00. The number of fused-ring (bicyclic) bond motifs is 1. The molecule has 0 spiro atoms. The van der Waals surface area contributed by atoms with Gasteiger partial charge in [0.15, 0.2) is 0 Å². The molecular formula is C18H25N3O2S. The topological polar surface area (TPSA) is 54.7 Å². The van der Waals surface area contributed by atoms with E-state index in [4.69, 9.17) is 0 Å². The molecule has 0 saturated carbocycles. The zero-order valence-electron chi connectivity index (χ0n) is 14.6. The summed E-state index contributed by atoms with van der Waals surface area (Å²) in [5.74, 6) is 1.01. The highest BCUT2D eigenvalue weighted by Gasteiger charge is 2.28. The normalized spacial score (nSPS) is 18.7. The third kappa shape index (κ3) is 3.53. The van der Waals surface area contributed by atoms with Crippen LogP contribution < -0.4 is 0 Å². The molecule has 1 saturated heterocycles. The molecule has 24 heavy (non-hydrogen) atoms. The maximum Gasteiger partial charge on any atom is 0.238 e. The molecule has 1 fully saturated rings. The van der Waals surface area contributed by atoms with Gasteiger partial charge in [-0.05, 0) is 44.7 Å². The minimum Gasteiger partial charge on any atom is -0.342 e. The van der Waals surface area contributed by atoms with Crippen LogP contribution in [0.4, 0.5) is 0 Å². The van der Waals surface area contributed by atoms with E-state index in [1.165, 1.54) is 0 Å². The van der Waals surface area contributed by atoms with Crippen LogP contribution in [0.15, 0.2) is 24.4 Å². The number of amides is 1. The molecule has 3 heterocycles. The van der Waals surface area contributed by atoms with Gasteiger partial charge in [-0.15, -0.1) is 0 Å². The number of aryl methyl sites for hydroxylation is 1. The fraction of sp³-hybridized carbons (Fsp3) is 0.556. The molecule has 1 aliphatic heterocycles. The van der Waals surface area contributed by atoms with Crippen LogP contribution in [-0.2, 0) is 21.3 Å². The predicted octanol–water partition coefficient (Wildman–Crippen LogP) is 2.54. The smallest absolute Gasteiger partial charge is 0.238 e. The highest BCUT2D eigenvalue weighted by atomic mass is 32.2. The van der Waals surface area contributed by atoms with Gasteiger partial charge in [0, 0.05) is 35.8 Å². The van der Waals surface area contributed by atoms with E-state index < -0.39 is 16.0 Å². The Hall–Kier alpha value is -1.69. The second-order valence-corrected chi connectivity index (χ2v) is 8.56. The Balaban J connectivity index is 1.66. The summed E-state index contributed by atoms with van der Waals surface area (Å²) in [4.78, 5) is 19.0. The van der Waals surface area contributed by atoms with E-state index in [1.54, 1.807) is 6.92 Å². The number of piperidine rings is 1. The van der Waals surface area contributed by atoms with E-state index in [0.29, 0.717) is 11.7 Å². The van der Waals surface area contributed by atoms with Crippen molar-refractivity contribution in [2.75, 3.05) is 13.1 Å². The van der Waals surface area contributed by atoms with Gasteiger partial charge in [-0.25, -0.2) is 4.98 Å². The summed E-state index contributed by atoms with van der Waals surface area (Å²) in [5, 5.41) is -0.482. The van der Waals surface area contributed by atoms with Crippen LogP contribution in [0.5, 0.6) is 0 Å². The van der Waals surface area contributed by atoms with Gasteiger partial charge in [0.25, 0.3) is 0 Å². The number of hydrogen-bond donors (Lipinski definition) is 0. The molecule has 130 valence electrons. The molecule has 2 aromatic rings. The lowest BCUT2D eigenvalue weighted by molar-refractivity contribution is -0.131. The number of likely N-dealkylation sites (tertiary alicyclic amines) is 1. The van der Waals surface area contributed by atoms with Crippen LogP contribution in [-0.4, -0.2) is 42.7 Å². The minimum atomic E-state index is -1.26. The van der Waals surface area contributed by atoms with Gasteiger partial charge < -0.3 is 9.30 Å². The van der Waals surface area contributed by atoms with Crippen molar-refractivity contribution in [3.63, 3.8) is 0 Å². The number of pyridine rings is 1. The van der Waals surface area contributed by atoms with Crippen molar-refractivity contribution >= 4 is 22.4 Å². The lowest BCUT2D eigenvalue weighted by Crippen LogP contribution is -2.44. The van der Waals surface area contributed by atoms with Gasteiger partial charge in [-0.3, -0.25) is 9.00 Å². The van der Waals surface area contributed by atoms with Crippen molar-refractivity contribution in [2.24, 2.45) is 5.92 Å². The fourth-order valence-electron chi connectivity index (χ4n) is 3.14. The first-order valence-corrected chi connectivity index (χ1v) is 9.93. The molecule has 0 aromatic carbocycles. The highest BCUT2D eigenvalue weighted by molar-refractivity contribution is 7.85. The lowest BCUT2D eigenvalue weighted by atomic mass is 9.99. The number of hydrogen-bond acceptors (Lipinski definition) is 3. The first kappa shape index (κ1) is 17.1. The summed E-state index contributed by atoms with van der Waals surface area (Å²) >= 11 is 0. The first-order chi connectivity index (χ1) is 11.5. The number of carbonyl (C=O) groups excluding carboxylic acids is 1. The second kappa shape index (κ2) is 7.05. The van der Waals surface area contributed by atoms with Crippen molar-refractivity contribution in [1.29, 1.82) is 0 Å². The number of imidazole rings is 1. The molecule has 0 aliphatic carbocycles. The van der Waals surface area contributed by atoms with Gasteiger partial charge in [0.1, 0.15) is 10.9 Å². The van der Waals surface area contributed by atoms with E-state index in [9.17, 15) is 9.00 Å². The van der Waals surface area contributed by atoms with Crippen molar-refractivity contribution in [3.05, 3.63) is 35.8 Å². The molecule has 2 atom stereocenters. The summed E-state index contributed by atoms with van der Waals surface area (Å²) in [7, 11) is -1.26. The zero-order valence-corrected chi connectivity index (χ0v) is 15.4. The average Bonchev–Trinajstić information content (AvgIpc) is 2.98. The fourth-order valence-corrected chi connectivity index (χ4v) is 4.19. The molecular weight excluding hydrogens is 322 g/mol. The molecule has 1 aliphatic rings. The number of aromatic nitrogens is 2. The van der Waals surface area contributed by atoms with Gasteiger partial charge >= 0.3 is 0 Å². The zero-order chi connectivity index (χ0) is 17.3. The Bertz CT molecular complexity index is 763. The summed E-state index contributed by atoms with van der Waals surface area (Å²) in [6, 6.07) is 5.91. The third-order valence-electron chi connectivity index (χ3n) is 4.87. The molecule has 0 N–H and O–H groups in total. The van der Waals surface area contributed by atoms with Gasteiger partial charge in [0.2, 0.25) is 5.91 Å². The highest BCUT2D eigenvalue weighted by Crippen LogP contribution is 2.18. The molecule has 1 amide bonds. The SMILES string of the molecule is Cc1cccc2nc(CS(=O)C(C)C(=O)N3CCC(C)CC3)cn12. The van der Waals surface area contributed by atoms with E-state index in [-0.39, 0.29) is 5.91 Å². The maximum atomic E-state index is 12.6. The quantitative estimate of drug-likeness (QED) is 0.854. The molecule has 0 radical (unpaired) electrons. The summed E-state index contributed by atoms with van der Waals surface area (Å²) in [6.45, 7) is 7.58. The van der Waals surface area contributed by atoms with E-state index >= 15 is 0 Å². The van der Waals surface area contributed by atoms with E-state index in [2.05, 4.69) is 11.9 Å². The molecule has 2 unspecified atom stereocenters. The predicted molar refractivity (Wildman–Crippen MR) is 96.2 cm³/mol. The summed E-state index contributed by atoms with van der Waals surface area (Å²) < 4.78 is 14.6. The van der Waals surface area contributed by atoms with Crippen LogP contribution in [0.3, 0.4) is 0 Å². The van der Waals surface area contributed by atoms with Gasteiger partial charge in [-0.1, -0.05) is 13.0 Å². The minimum absolute atomic E-state index is 0.0141. The van der Waals surface area contributed by atoms with E-state index in [0.717, 1.165) is 43.0 Å². The molecule has 6 heteroatoms. The Morgan fingerprint density at radius 1 is 1.38 bits per heavy atom. The standard InChI is InChI=1S/C18H25N3O2S/c1-13-7-9-20(10-8-13)18(22)15(3)24(23)12-16-11-21-14(2)5-4-6-17(21)19-16/h4-6,11,13,15H,7-10,12H2,1-3H3. The number of nitrogens with zero attached hydrogens (tertiary/aromatic N) is 3. The summed E-state index contributed by atoms with van der Waals surface area (Å²) in [5.41, 5.74) is 2.71. The Morgan fingerprint density at radius 2 is 2.08 bits per heavy atom. The molecule has 3 rings (SSSR count). The Morgan fingerprint density at radius 3 is 2.75 bits per heavy atom. The van der Waals surface area contributed by atoms with Crippen molar-refractivity contribution < 1.29 is 9.00 Å². The van der Waals surface area contributed by atoms with Crippen molar-refractivity contribution in [1.82, 2.24) is 14.3 Å². The largest absolute Gasteiger partial charge is 0.342 e. The number of rotatable bonds is 4. The first-order valence-electron chi connectivity index (χ1n) is 8.55. The molecule has 2 aromatic heterocycles. The van der Waals surface area contributed by atoms with Crippen LogP contribution in [0.1, 0.15) is 38.1 Å². The second-order valence-electron chi connectivity index (χ2n) is 6.80. The van der Waals surface area contributed by atoms with Crippen molar-refractivity contribution in [3.8, 4) is 0 Å². The maximum absolute atomic E-state index is 12.6. The van der Waals surface area contributed by atoms with E-state index in [1.807, 2.05) is 40.6 Å². The number of carbonyl (C=O) groups is 1. The molecule has 5 nitrogen and oxygen atoms in total. The molecule has 0 bridgehead atoms. The third-order valence-corrected chi connectivity index (χ3v) is 6.44. The van der Waals surface area contributed by atoms with Crippen LogP contribution >= 0.6 is 0 Å². The Kier molecular flexibility index (Phi) is 5.04. The van der Waals surface area contributed by atoms with Crippen LogP contribution in [0.25, 0.3) is 5.65 Å². The monoisotopic (exact) mass is 347 g/mol. The average molecular weight is 347 g/mol. The van der Waals surface area contributed by atoms with Gasteiger partial charge in [-0.2, -0.15) is 0 Å². The lowest BCUT2D eigenvalue weighted by Gasteiger charge is -2.31. The Labute approximate surface area is 145 Å².